The van der Waals surface area contributed by atoms with Crippen molar-refractivity contribution in [3.63, 3.8) is 0 Å². The lowest BCUT2D eigenvalue weighted by atomic mass is 10.1. The van der Waals surface area contributed by atoms with E-state index in [4.69, 9.17) is 5.84 Å². The molecule has 0 saturated heterocycles. The van der Waals surface area contributed by atoms with Crippen LogP contribution < -0.4 is 11.3 Å². The van der Waals surface area contributed by atoms with Gasteiger partial charge in [-0.25, -0.2) is 0 Å². The second kappa shape index (κ2) is 5.87. The largest absolute Gasteiger partial charge is 0.331 e. The van der Waals surface area contributed by atoms with Crippen molar-refractivity contribution in [2.24, 2.45) is 5.84 Å². The molecule has 0 bridgehead atoms. The van der Waals surface area contributed by atoms with E-state index in [-0.39, 0.29) is 5.91 Å². The fraction of sp³-hybridized carbons (Fsp3) is 0.312. The van der Waals surface area contributed by atoms with Crippen molar-refractivity contribution >= 4 is 22.9 Å². The highest BCUT2D eigenvalue weighted by atomic mass is 32.1. The molecular formula is C16H19N3OS. The molecule has 1 aromatic carbocycles. The molecule has 3 N–H and O–H groups in total. The summed E-state index contributed by atoms with van der Waals surface area (Å²) < 4.78 is 0. The maximum absolute atomic E-state index is 12.9. The van der Waals surface area contributed by atoms with Gasteiger partial charge in [0.25, 0.3) is 5.91 Å². The Morgan fingerprint density at radius 2 is 2.24 bits per heavy atom. The molecule has 2 aromatic rings. The first-order chi connectivity index (χ1) is 10.2. The average molecular weight is 301 g/mol. The number of nitrogens with two attached hydrogens (primary N) is 1. The molecule has 3 rings (SSSR count). The van der Waals surface area contributed by atoms with Gasteiger partial charge in [-0.15, -0.1) is 0 Å². The molecule has 1 heterocycles. The van der Waals surface area contributed by atoms with Crippen LogP contribution in [0.15, 0.2) is 35.0 Å². The van der Waals surface area contributed by atoms with Crippen molar-refractivity contribution in [2.45, 2.75) is 32.4 Å². The first-order valence-corrected chi connectivity index (χ1v) is 8.02. The summed E-state index contributed by atoms with van der Waals surface area (Å²) in [6, 6.07) is 8.15. The number of nitrogens with one attached hydrogen (secondary N) is 1. The summed E-state index contributed by atoms with van der Waals surface area (Å²) in [5.41, 5.74) is 6.25. The van der Waals surface area contributed by atoms with E-state index >= 15 is 0 Å². The Bertz CT molecular complexity index is 635. The van der Waals surface area contributed by atoms with Gasteiger partial charge in [-0.05, 0) is 59.9 Å². The van der Waals surface area contributed by atoms with E-state index in [9.17, 15) is 4.79 Å². The van der Waals surface area contributed by atoms with Crippen LogP contribution in [-0.4, -0.2) is 16.8 Å². The van der Waals surface area contributed by atoms with Gasteiger partial charge in [-0.1, -0.05) is 6.07 Å². The molecule has 110 valence electrons. The standard InChI is InChI=1S/C16H19N3OS/c1-11-2-5-14(15(8-11)18-17)16(20)19(13-3-4-13)9-12-6-7-21-10-12/h2,5-8,10,13,18H,3-4,9,17H2,1H3. The number of anilines is 1. The zero-order chi connectivity index (χ0) is 14.8. The predicted octanol–water partition coefficient (Wildman–Crippen LogP) is 3.15. The number of aryl methyl sites for hydroxylation is 1. The third-order valence-corrected chi connectivity index (χ3v) is 4.47. The third kappa shape index (κ3) is 3.09. The summed E-state index contributed by atoms with van der Waals surface area (Å²) >= 11 is 1.66. The van der Waals surface area contributed by atoms with Gasteiger partial charge in [-0.2, -0.15) is 11.3 Å². The summed E-state index contributed by atoms with van der Waals surface area (Å²) in [6.45, 7) is 2.66. The highest BCUT2D eigenvalue weighted by Crippen LogP contribution is 2.31. The van der Waals surface area contributed by atoms with Crippen LogP contribution in [0.3, 0.4) is 0 Å². The molecular weight excluding hydrogens is 282 g/mol. The second-order valence-corrected chi connectivity index (χ2v) is 6.27. The minimum absolute atomic E-state index is 0.0525. The minimum Gasteiger partial charge on any atom is -0.331 e. The number of nitrogens with zero attached hydrogens (tertiary/aromatic N) is 1. The van der Waals surface area contributed by atoms with Crippen LogP contribution in [0.2, 0.25) is 0 Å². The molecule has 21 heavy (non-hydrogen) atoms. The first-order valence-electron chi connectivity index (χ1n) is 7.08. The fourth-order valence-electron chi connectivity index (χ4n) is 2.45. The Hall–Kier alpha value is -1.85. The molecule has 1 saturated carbocycles. The third-order valence-electron chi connectivity index (χ3n) is 3.74. The maximum Gasteiger partial charge on any atom is 0.256 e. The number of hydrazine groups is 1. The fourth-order valence-corrected chi connectivity index (χ4v) is 3.11. The SMILES string of the molecule is Cc1ccc(C(=O)N(Cc2ccsc2)C2CC2)c(NN)c1. The average Bonchev–Trinajstić information content (AvgIpc) is 3.20. The number of carbonyl (C=O) groups is 1. The highest BCUT2D eigenvalue weighted by molar-refractivity contribution is 7.07. The van der Waals surface area contributed by atoms with Gasteiger partial charge in [0.2, 0.25) is 0 Å². The second-order valence-electron chi connectivity index (χ2n) is 5.49. The summed E-state index contributed by atoms with van der Waals surface area (Å²) in [5, 5.41) is 4.14. The summed E-state index contributed by atoms with van der Waals surface area (Å²) in [4.78, 5) is 14.8. The van der Waals surface area contributed by atoms with Crippen molar-refractivity contribution < 1.29 is 4.79 Å². The molecule has 0 spiro atoms. The van der Waals surface area contributed by atoms with Gasteiger partial charge >= 0.3 is 0 Å². The zero-order valence-electron chi connectivity index (χ0n) is 12.0. The van der Waals surface area contributed by atoms with Gasteiger partial charge in [0.05, 0.1) is 11.3 Å². The van der Waals surface area contributed by atoms with Crippen LogP contribution >= 0.6 is 11.3 Å². The lowest BCUT2D eigenvalue weighted by molar-refractivity contribution is 0.0731. The Morgan fingerprint density at radius 3 is 2.86 bits per heavy atom. The van der Waals surface area contributed by atoms with E-state index in [1.165, 1.54) is 5.56 Å². The number of thiophene rings is 1. The van der Waals surface area contributed by atoms with E-state index in [2.05, 4.69) is 16.9 Å². The Kier molecular flexibility index (Phi) is 3.94. The number of rotatable bonds is 5. The number of amides is 1. The van der Waals surface area contributed by atoms with Crippen LogP contribution in [0, 0.1) is 6.92 Å². The Balaban J connectivity index is 1.87. The quantitative estimate of drug-likeness (QED) is 0.659. The lowest BCUT2D eigenvalue weighted by Crippen LogP contribution is -2.33. The van der Waals surface area contributed by atoms with Crippen LogP contribution in [0.5, 0.6) is 0 Å². The van der Waals surface area contributed by atoms with E-state index < -0.39 is 0 Å². The van der Waals surface area contributed by atoms with Gasteiger partial charge in [0.15, 0.2) is 0 Å². The lowest BCUT2D eigenvalue weighted by Gasteiger charge is -2.23. The van der Waals surface area contributed by atoms with Crippen LogP contribution in [0.1, 0.15) is 34.3 Å². The van der Waals surface area contributed by atoms with Crippen LogP contribution in [0.4, 0.5) is 5.69 Å². The molecule has 4 nitrogen and oxygen atoms in total. The summed E-state index contributed by atoms with van der Waals surface area (Å²) in [7, 11) is 0. The molecule has 1 aliphatic carbocycles. The molecule has 1 fully saturated rings. The van der Waals surface area contributed by atoms with Crippen LogP contribution in [0.25, 0.3) is 0 Å². The maximum atomic E-state index is 12.9. The molecule has 1 aromatic heterocycles. The van der Waals surface area contributed by atoms with Gasteiger partial charge in [-0.3, -0.25) is 10.6 Å². The molecule has 5 heteroatoms. The van der Waals surface area contributed by atoms with Crippen molar-refractivity contribution in [2.75, 3.05) is 5.43 Å². The van der Waals surface area contributed by atoms with E-state index in [1.54, 1.807) is 11.3 Å². The van der Waals surface area contributed by atoms with Gasteiger partial charge in [0, 0.05) is 12.6 Å². The smallest absolute Gasteiger partial charge is 0.256 e. The number of benzene rings is 1. The monoisotopic (exact) mass is 301 g/mol. The summed E-state index contributed by atoms with van der Waals surface area (Å²) in [6.07, 6.45) is 2.18. The first kappa shape index (κ1) is 14.1. The molecule has 1 aliphatic rings. The Labute approximate surface area is 128 Å². The predicted molar refractivity (Wildman–Crippen MR) is 86.2 cm³/mol. The highest BCUT2D eigenvalue weighted by Gasteiger charge is 2.33. The van der Waals surface area contributed by atoms with Gasteiger partial charge < -0.3 is 10.3 Å². The topological polar surface area (TPSA) is 58.4 Å². The van der Waals surface area contributed by atoms with Crippen molar-refractivity contribution in [1.82, 2.24) is 4.90 Å². The Morgan fingerprint density at radius 1 is 1.43 bits per heavy atom. The van der Waals surface area contributed by atoms with Gasteiger partial charge in [0.1, 0.15) is 0 Å². The van der Waals surface area contributed by atoms with Crippen molar-refractivity contribution in [3.05, 3.63) is 51.7 Å². The van der Waals surface area contributed by atoms with Crippen molar-refractivity contribution in [1.29, 1.82) is 0 Å². The number of carbonyl (C=O) groups excluding carboxylic acids is 1. The minimum atomic E-state index is 0.0525. The van der Waals surface area contributed by atoms with Crippen LogP contribution in [-0.2, 0) is 6.54 Å². The van der Waals surface area contributed by atoms with E-state index in [0.29, 0.717) is 23.8 Å². The zero-order valence-corrected chi connectivity index (χ0v) is 12.8. The molecule has 0 aliphatic heterocycles. The number of nitrogen functional groups attached to an aromatic ring is 1. The van der Waals surface area contributed by atoms with Crippen molar-refractivity contribution in [3.8, 4) is 0 Å². The molecule has 0 radical (unpaired) electrons. The molecule has 0 atom stereocenters. The molecule has 1 amide bonds. The summed E-state index contributed by atoms with van der Waals surface area (Å²) in [5.74, 6) is 5.62. The normalized spacial score (nSPS) is 14.0. The number of hydrogen-bond acceptors (Lipinski definition) is 4. The van der Waals surface area contributed by atoms with E-state index in [1.807, 2.05) is 35.4 Å². The number of hydrogen-bond donors (Lipinski definition) is 2. The van der Waals surface area contributed by atoms with E-state index in [0.717, 1.165) is 18.4 Å². The molecule has 0 unspecified atom stereocenters.